The minimum atomic E-state index is -0.457. The molecule has 0 atom stereocenters. The van der Waals surface area contributed by atoms with Crippen LogP contribution in [0.25, 0.3) is 34.7 Å². The quantitative estimate of drug-likeness (QED) is 0.278. The maximum Gasteiger partial charge on any atom is 0.269 e. The van der Waals surface area contributed by atoms with Gasteiger partial charge in [-0.2, -0.15) is 0 Å². The molecule has 0 saturated heterocycles. The molecule has 0 amide bonds. The van der Waals surface area contributed by atoms with Gasteiger partial charge in [0.05, 0.1) is 21.2 Å². The van der Waals surface area contributed by atoms with Crippen molar-refractivity contribution in [2.75, 3.05) is 19.0 Å². The molecule has 34 heavy (non-hydrogen) atoms. The van der Waals surface area contributed by atoms with E-state index < -0.39 is 9.85 Å². The first kappa shape index (κ1) is 22.4. The van der Waals surface area contributed by atoms with E-state index in [9.17, 15) is 20.2 Å². The molecular weight excluding hydrogens is 434 g/mol. The highest BCUT2D eigenvalue weighted by molar-refractivity contribution is 5.81. The number of hydrogen-bond acceptors (Lipinski definition) is 6. The monoisotopic (exact) mass is 455 g/mol. The van der Waals surface area contributed by atoms with Crippen molar-refractivity contribution in [3.8, 4) is 22.5 Å². The number of nitro benzene ring substituents is 2. The molecule has 9 heteroatoms. The average Bonchev–Trinajstić information content (AvgIpc) is 3.27. The number of benzene rings is 3. The molecule has 0 bridgehead atoms. The fourth-order valence-electron chi connectivity index (χ4n) is 3.44. The van der Waals surface area contributed by atoms with Gasteiger partial charge in [0.25, 0.3) is 11.4 Å². The van der Waals surface area contributed by atoms with Crippen LogP contribution in [-0.2, 0) is 0 Å². The molecule has 170 valence electrons. The molecule has 0 aliphatic heterocycles. The van der Waals surface area contributed by atoms with Gasteiger partial charge in [0, 0.05) is 55.2 Å². The summed E-state index contributed by atoms with van der Waals surface area (Å²) in [5.74, 6) is 0.582. The van der Waals surface area contributed by atoms with Crippen LogP contribution in [0.5, 0.6) is 0 Å². The Bertz CT molecular complexity index is 1280. The molecule has 0 unspecified atom stereocenters. The van der Waals surface area contributed by atoms with E-state index in [4.69, 9.17) is 4.98 Å². The summed E-state index contributed by atoms with van der Waals surface area (Å²) in [4.78, 5) is 31.1. The van der Waals surface area contributed by atoms with E-state index in [1.54, 1.807) is 24.3 Å². The maximum absolute atomic E-state index is 11.0. The number of non-ortho nitro benzene ring substituents is 2. The summed E-state index contributed by atoms with van der Waals surface area (Å²) >= 11 is 0. The van der Waals surface area contributed by atoms with Gasteiger partial charge in [-0.25, -0.2) is 4.98 Å². The van der Waals surface area contributed by atoms with E-state index in [0.717, 1.165) is 11.3 Å². The topological polar surface area (TPSA) is 118 Å². The Morgan fingerprint density at radius 1 is 0.765 bits per heavy atom. The minimum absolute atomic E-state index is 0.0126. The average molecular weight is 455 g/mol. The predicted octanol–water partition coefficient (Wildman–Crippen LogP) is 5.80. The van der Waals surface area contributed by atoms with E-state index in [1.165, 1.54) is 24.3 Å². The molecule has 3 aromatic carbocycles. The van der Waals surface area contributed by atoms with Crippen LogP contribution >= 0.6 is 0 Å². The number of imidazole rings is 1. The zero-order chi connectivity index (χ0) is 24.2. The second-order valence-corrected chi connectivity index (χ2v) is 7.77. The molecule has 9 nitrogen and oxygen atoms in total. The molecule has 1 heterocycles. The zero-order valence-electron chi connectivity index (χ0n) is 18.5. The predicted molar refractivity (Wildman–Crippen MR) is 132 cm³/mol. The minimum Gasteiger partial charge on any atom is -0.378 e. The van der Waals surface area contributed by atoms with Crippen molar-refractivity contribution in [2.45, 2.75) is 0 Å². The van der Waals surface area contributed by atoms with Gasteiger partial charge in [0.15, 0.2) is 0 Å². The van der Waals surface area contributed by atoms with E-state index in [0.29, 0.717) is 28.3 Å². The van der Waals surface area contributed by atoms with Crippen LogP contribution in [-0.4, -0.2) is 33.9 Å². The van der Waals surface area contributed by atoms with Gasteiger partial charge >= 0.3 is 0 Å². The zero-order valence-corrected chi connectivity index (χ0v) is 18.5. The summed E-state index contributed by atoms with van der Waals surface area (Å²) in [6.07, 6.45) is 3.77. The van der Waals surface area contributed by atoms with E-state index in [1.807, 2.05) is 55.4 Å². The second kappa shape index (κ2) is 9.37. The highest BCUT2D eigenvalue weighted by atomic mass is 16.6. The second-order valence-electron chi connectivity index (χ2n) is 7.77. The third kappa shape index (κ3) is 4.83. The number of hydrogen-bond donors (Lipinski definition) is 1. The van der Waals surface area contributed by atoms with Gasteiger partial charge in [-0.1, -0.05) is 18.2 Å². The van der Waals surface area contributed by atoms with Gasteiger partial charge in [-0.15, -0.1) is 0 Å². The Morgan fingerprint density at radius 3 is 1.79 bits per heavy atom. The van der Waals surface area contributed by atoms with Gasteiger partial charge < -0.3 is 9.88 Å². The molecule has 0 radical (unpaired) electrons. The van der Waals surface area contributed by atoms with E-state index in [-0.39, 0.29) is 11.4 Å². The molecule has 1 aromatic heterocycles. The van der Waals surface area contributed by atoms with Crippen molar-refractivity contribution in [3.63, 3.8) is 0 Å². The molecule has 0 fully saturated rings. The molecule has 4 rings (SSSR count). The lowest BCUT2D eigenvalue weighted by atomic mass is 10.0. The van der Waals surface area contributed by atoms with Crippen LogP contribution in [0.15, 0.2) is 72.8 Å². The summed E-state index contributed by atoms with van der Waals surface area (Å²) in [5, 5.41) is 22.0. The summed E-state index contributed by atoms with van der Waals surface area (Å²) < 4.78 is 0. The summed E-state index contributed by atoms with van der Waals surface area (Å²) in [6, 6.07) is 20.3. The standard InChI is InChI=1S/C25H21N5O4/c1-28(2)20-10-3-17(4-11-20)5-16-23-26-24(18-6-12-21(13-7-18)29(31)32)25(27-23)19-8-14-22(15-9-19)30(33)34/h3-16H,1-2H3,(H,26,27)/b16-5+. The molecule has 0 aliphatic carbocycles. The number of nitrogens with one attached hydrogen (secondary N) is 1. The van der Waals surface area contributed by atoms with Gasteiger partial charge in [0.2, 0.25) is 0 Å². The smallest absolute Gasteiger partial charge is 0.269 e. The number of H-pyrrole nitrogens is 1. The number of aromatic nitrogens is 2. The summed E-state index contributed by atoms with van der Waals surface area (Å²) in [6.45, 7) is 0. The van der Waals surface area contributed by atoms with Crippen molar-refractivity contribution in [1.29, 1.82) is 0 Å². The van der Waals surface area contributed by atoms with Crippen LogP contribution in [0.2, 0.25) is 0 Å². The maximum atomic E-state index is 11.0. The van der Waals surface area contributed by atoms with E-state index >= 15 is 0 Å². The Balaban J connectivity index is 1.72. The van der Waals surface area contributed by atoms with Crippen molar-refractivity contribution in [1.82, 2.24) is 9.97 Å². The summed E-state index contributed by atoms with van der Waals surface area (Å²) in [7, 11) is 3.96. The highest BCUT2D eigenvalue weighted by Crippen LogP contribution is 2.32. The number of anilines is 1. The normalized spacial score (nSPS) is 11.0. The Hall–Kier alpha value is -4.79. The molecule has 0 aliphatic rings. The molecule has 1 N–H and O–H groups in total. The molecule has 4 aromatic rings. The molecule has 0 saturated carbocycles. The van der Waals surface area contributed by atoms with E-state index in [2.05, 4.69) is 4.98 Å². The first-order chi connectivity index (χ1) is 16.3. The first-order valence-electron chi connectivity index (χ1n) is 10.4. The third-order valence-electron chi connectivity index (χ3n) is 5.28. The Labute approximate surface area is 195 Å². The van der Waals surface area contributed by atoms with Crippen molar-refractivity contribution < 1.29 is 9.85 Å². The third-order valence-corrected chi connectivity index (χ3v) is 5.28. The highest BCUT2D eigenvalue weighted by Gasteiger charge is 2.16. The number of rotatable bonds is 7. The summed E-state index contributed by atoms with van der Waals surface area (Å²) in [5.41, 5.74) is 4.70. The lowest BCUT2D eigenvalue weighted by molar-refractivity contribution is -0.385. The van der Waals surface area contributed by atoms with Gasteiger partial charge in [-0.3, -0.25) is 20.2 Å². The van der Waals surface area contributed by atoms with Crippen LogP contribution in [0.3, 0.4) is 0 Å². The van der Waals surface area contributed by atoms with Crippen molar-refractivity contribution >= 4 is 29.2 Å². The number of nitrogens with zero attached hydrogens (tertiary/aromatic N) is 4. The van der Waals surface area contributed by atoms with Crippen molar-refractivity contribution in [3.05, 3.63) is 104 Å². The Morgan fingerprint density at radius 2 is 1.29 bits per heavy atom. The Kier molecular flexibility index (Phi) is 6.18. The molecular formula is C25H21N5O4. The lowest BCUT2D eigenvalue weighted by Gasteiger charge is -2.11. The van der Waals surface area contributed by atoms with Crippen molar-refractivity contribution in [2.24, 2.45) is 0 Å². The molecule has 0 spiro atoms. The first-order valence-corrected chi connectivity index (χ1v) is 10.4. The number of nitro groups is 2. The fraction of sp³-hybridized carbons (Fsp3) is 0.0800. The van der Waals surface area contributed by atoms with Crippen LogP contribution in [0.4, 0.5) is 17.1 Å². The van der Waals surface area contributed by atoms with Gasteiger partial charge in [-0.05, 0) is 48.0 Å². The SMILES string of the molecule is CN(C)c1ccc(/C=C/c2nc(-c3ccc([N+](=O)[O-])cc3)c(-c3ccc([N+](=O)[O-])cc3)[nH]2)cc1. The lowest BCUT2D eigenvalue weighted by Crippen LogP contribution is -2.07. The van der Waals surface area contributed by atoms with Gasteiger partial charge in [0.1, 0.15) is 5.82 Å². The van der Waals surface area contributed by atoms with Crippen LogP contribution in [0, 0.1) is 20.2 Å². The fourth-order valence-corrected chi connectivity index (χ4v) is 3.44. The van der Waals surface area contributed by atoms with Crippen LogP contribution in [0.1, 0.15) is 11.4 Å². The van der Waals surface area contributed by atoms with Crippen LogP contribution < -0.4 is 4.90 Å². The number of aromatic amines is 1. The largest absolute Gasteiger partial charge is 0.378 e.